The lowest BCUT2D eigenvalue weighted by molar-refractivity contribution is -0.134. The predicted molar refractivity (Wildman–Crippen MR) is 40.1 cm³/mol. The average Bonchev–Trinajstić information content (AvgIpc) is 2.12. The van der Waals surface area contributed by atoms with Gasteiger partial charge in [-0.3, -0.25) is 4.99 Å². The van der Waals surface area contributed by atoms with Gasteiger partial charge in [0.2, 0.25) is 0 Å². The molecule has 0 aromatic heterocycles. The van der Waals surface area contributed by atoms with E-state index in [1.165, 1.54) is 0 Å². The number of allylic oxidation sites excluding steroid dienone is 2. The van der Waals surface area contributed by atoms with Crippen LogP contribution >= 0.6 is 0 Å². The summed E-state index contributed by atoms with van der Waals surface area (Å²) in [6.45, 7) is 1.10. The number of halogens is 4. The number of hydrogen-bond acceptors (Lipinski definition) is 2. The molecule has 0 aromatic carbocycles. The van der Waals surface area contributed by atoms with E-state index in [9.17, 15) is 17.6 Å². The van der Waals surface area contributed by atoms with Gasteiger partial charge in [0.1, 0.15) is 5.71 Å². The van der Waals surface area contributed by atoms with E-state index in [-0.39, 0.29) is 5.57 Å². The van der Waals surface area contributed by atoms with Gasteiger partial charge in [-0.1, -0.05) is 0 Å². The first-order valence-electron chi connectivity index (χ1n) is 3.47. The van der Waals surface area contributed by atoms with E-state index >= 15 is 0 Å². The number of nitrogens with two attached hydrogens (primary N) is 1. The molecule has 0 saturated carbocycles. The topological polar surface area (TPSA) is 38.4 Å². The number of aliphatic imine (C=N–C) groups is 1. The van der Waals surface area contributed by atoms with Crippen molar-refractivity contribution in [3.63, 3.8) is 0 Å². The molecule has 0 amide bonds. The lowest BCUT2D eigenvalue weighted by atomic mass is 10.1. The van der Waals surface area contributed by atoms with Crippen LogP contribution in [0.5, 0.6) is 0 Å². The minimum atomic E-state index is -4.31. The molecule has 13 heavy (non-hydrogen) atoms. The van der Waals surface area contributed by atoms with Crippen LogP contribution in [0.4, 0.5) is 17.6 Å². The minimum Gasteiger partial charge on any atom is -0.397 e. The summed E-state index contributed by atoms with van der Waals surface area (Å²) in [5, 5.41) is 0. The zero-order valence-corrected chi connectivity index (χ0v) is 7.04. The summed E-state index contributed by atoms with van der Waals surface area (Å²) in [6.07, 6.45) is 0. The van der Waals surface area contributed by atoms with E-state index in [1.807, 2.05) is 0 Å². The average molecular weight is 196 g/mol. The van der Waals surface area contributed by atoms with Crippen molar-refractivity contribution in [2.24, 2.45) is 10.7 Å². The molecule has 0 aliphatic heterocycles. The molecule has 0 atom stereocenters. The van der Waals surface area contributed by atoms with Crippen LogP contribution in [0.15, 0.2) is 16.3 Å². The van der Waals surface area contributed by atoms with Crippen molar-refractivity contribution >= 4 is 5.71 Å². The summed E-state index contributed by atoms with van der Waals surface area (Å²) in [5.74, 6) is -8.60. The molecular weight excluding hydrogens is 188 g/mol. The molecule has 0 bridgehead atoms. The molecule has 1 aliphatic rings. The smallest absolute Gasteiger partial charge is 0.357 e. The third-order valence-corrected chi connectivity index (χ3v) is 2.01. The van der Waals surface area contributed by atoms with Crippen LogP contribution in [0.1, 0.15) is 6.92 Å². The van der Waals surface area contributed by atoms with Crippen molar-refractivity contribution in [3.8, 4) is 0 Å². The highest BCUT2D eigenvalue weighted by molar-refractivity contribution is 6.09. The first kappa shape index (κ1) is 10.0. The van der Waals surface area contributed by atoms with Gasteiger partial charge in [0.25, 0.3) is 0 Å². The van der Waals surface area contributed by atoms with Crippen molar-refractivity contribution in [1.82, 2.24) is 0 Å². The number of nitrogens with zero attached hydrogens (tertiary/aromatic N) is 1. The summed E-state index contributed by atoms with van der Waals surface area (Å²) in [7, 11) is 1.03. The van der Waals surface area contributed by atoms with Crippen LogP contribution in [0.25, 0.3) is 0 Å². The first-order valence-corrected chi connectivity index (χ1v) is 3.47. The van der Waals surface area contributed by atoms with Crippen molar-refractivity contribution in [1.29, 1.82) is 0 Å². The van der Waals surface area contributed by atoms with Crippen molar-refractivity contribution in [3.05, 3.63) is 11.3 Å². The molecule has 0 heterocycles. The first-order chi connectivity index (χ1) is 5.76. The molecule has 0 fully saturated rings. The van der Waals surface area contributed by atoms with Crippen molar-refractivity contribution in [2.75, 3.05) is 7.05 Å². The van der Waals surface area contributed by atoms with E-state index in [1.54, 1.807) is 0 Å². The molecule has 2 N–H and O–H groups in total. The SMILES string of the molecule is CN=C1C(C)=C(N)C(F)(F)C1(F)F. The monoisotopic (exact) mass is 196 g/mol. The third kappa shape index (κ3) is 0.973. The van der Waals surface area contributed by atoms with Crippen molar-refractivity contribution in [2.45, 2.75) is 18.8 Å². The fourth-order valence-corrected chi connectivity index (χ4v) is 1.22. The fraction of sp³-hybridized carbons (Fsp3) is 0.571. The maximum atomic E-state index is 12.9. The third-order valence-electron chi connectivity index (χ3n) is 2.01. The van der Waals surface area contributed by atoms with Crippen molar-refractivity contribution < 1.29 is 17.6 Å². The Morgan fingerprint density at radius 1 is 1.15 bits per heavy atom. The Labute approximate surface area is 72.1 Å². The number of alkyl halides is 4. The molecule has 0 saturated heterocycles. The van der Waals surface area contributed by atoms with Gasteiger partial charge in [-0.25, -0.2) is 0 Å². The Morgan fingerprint density at radius 3 is 1.77 bits per heavy atom. The van der Waals surface area contributed by atoms with Gasteiger partial charge in [0, 0.05) is 12.6 Å². The standard InChI is InChI=1S/C7H8F4N2/c1-3-4(12)6(8,9)7(10,11)5(3)13-2/h12H2,1-2H3. The van der Waals surface area contributed by atoms with E-state index in [2.05, 4.69) is 4.99 Å². The van der Waals surface area contributed by atoms with Gasteiger partial charge >= 0.3 is 11.8 Å². The van der Waals surface area contributed by atoms with E-state index < -0.39 is 23.3 Å². The van der Waals surface area contributed by atoms with Gasteiger partial charge < -0.3 is 5.73 Å². The molecule has 6 heteroatoms. The van der Waals surface area contributed by atoms with Gasteiger partial charge in [-0.05, 0) is 6.92 Å². The summed E-state index contributed by atoms with van der Waals surface area (Å²) < 4.78 is 51.3. The number of rotatable bonds is 0. The molecular formula is C7H8F4N2. The van der Waals surface area contributed by atoms with Gasteiger partial charge in [0.05, 0.1) is 5.70 Å². The maximum Gasteiger partial charge on any atom is 0.357 e. The highest BCUT2D eigenvalue weighted by Gasteiger charge is 2.67. The van der Waals surface area contributed by atoms with E-state index in [0.29, 0.717) is 0 Å². The van der Waals surface area contributed by atoms with Crippen LogP contribution in [0.2, 0.25) is 0 Å². The molecule has 0 radical (unpaired) electrons. The Kier molecular flexibility index (Phi) is 1.90. The lowest BCUT2D eigenvalue weighted by Crippen LogP contribution is -2.44. The largest absolute Gasteiger partial charge is 0.397 e. The van der Waals surface area contributed by atoms with E-state index in [0.717, 1.165) is 14.0 Å². The normalized spacial score (nSPS) is 28.6. The summed E-state index contributed by atoms with van der Waals surface area (Å²) in [5.41, 5.74) is 2.50. The molecule has 0 aromatic rings. The number of hydrogen-bond donors (Lipinski definition) is 1. The second-order valence-corrected chi connectivity index (χ2v) is 2.76. The molecule has 2 nitrogen and oxygen atoms in total. The van der Waals surface area contributed by atoms with Gasteiger partial charge in [0.15, 0.2) is 0 Å². The molecule has 0 unspecified atom stereocenters. The summed E-state index contributed by atoms with van der Waals surface area (Å²) in [6, 6.07) is 0. The quantitative estimate of drug-likeness (QED) is 0.587. The summed E-state index contributed by atoms with van der Waals surface area (Å²) >= 11 is 0. The second-order valence-electron chi connectivity index (χ2n) is 2.76. The molecule has 1 rings (SSSR count). The zero-order valence-electron chi connectivity index (χ0n) is 7.04. The van der Waals surface area contributed by atoms with Crippen LogP contribution in [-0.4, -0.2) is 24.6 Å². The maximum absolute atomic E-state index is 12.9. The molecule has 1 aliphatic carbocycles. The van der Waals surface area contributed by atoms with Gasteiger partial charge in [-0.15, -0.1) is 0 Å². The Bertz CT molecular complexity index is 304. The van der Waals surface area contributed by atoms with Crippen LogP contribution in [0.3, 0.4) is 0 Å². The minimum absolute atomic E-state index is 0.336. The second kappa shape index (κ2) is 2.46. The molecule has 0 spiro atoms. The molecule has 74 valence electrons. The predicted octanol–water partition coefficient (Wildman–Crippen LogP) is 1.57. The van der Waals surface area contributed by atoms with Crippen LogP contribution in [0, 0.1) is 0 Å². The van der Waals surface area contributed by atoms with Crippen LogP contribution < -0.4 is 5.73 Å². The highest BCUT2D eigenvalue weighted by Crippen LogP contribution is 2.47. The Morgan fingerprint density at radius 2 is 1.62 bits per heavy atom. The zero-order chi connectivity index (χ0) is 10.4. The summed E-state index contributed by atoms with van der Waals surface area (Å²) in [4.78, 5) is 3.12. The Balaban J connectivity index is 3.38. The Hall–Kier alpha value is -1.07. The lowest BCUT2D eigenvalue weighted by Gasteiger charge is -2.19. The van der Waals surface area contributed by atoms with Gasteiger partial charge in [-0.2, -0.15) is 17.6 Å². The fourth-order valence-electron chi connectivity index (χ4n) is 1.22. The van der Waals surface area contributed by atoms with Crippen LogP contribution in [-0.2, 0) is 0 Å². The highest BCUT2D eigenvalue weighted by atomic mass is 19.3. The van der Waals surface area contributed by atoms with E-state index in [4.69, 9.17) is 5.73 Å².